The summed E-state index contributed by atoms with van der Waals surface area (Å²) < 4.78 is 18.3. The predicted molar refractivity (Wildman–Crippen MR) is 164 cm³/mol. The number of methoxy groups -OCH3 is 1. The Balaban J connectivity index is 1.49. The van der Waals surface area contributed by atoms with Gasteiger partial charge in [0.2, 0.25) is 5.95 Å². The number of aromatic nitrogens is 2. The fourth-order valence-corrected chi connectivity index (χ4v) is 5.56. The van der Waals surface area contributed by atoms with Gasteiger partial charge < -0.3 is 30.2 Å². The van der Waals surface area contributed by atoms with E-state index in [1.165, 1.54) is 6.20 Å². The van der Waals surface area contributed by atoms with Crippen molar-refractivity contribution in [2.45, 2.75) is 0 Å². The summed E-state index contributed by atoms with van der Waals surface area (Å²) in [6, 6.07) is 12.6. The van der Waals surface area contributed by atoms with Gasteiger partial charge in [-0.2, -0.15) is 4.98 Å². The second kappa shape index (κ2) is 12.8. The lowest BCUT2D eigenvalue weighted by atomic mass is 10.2. The van der Waals surface area contributed by atoms with E-state index in [1.807, 2.05) is 24.3 Å². The Morgan fingerprint density at radius 1 is 1.10 bits per heavy atom. The lowest BCUT2D eigenvalue weighted by Crippen LogP contribution is -2.45. The van der Waals surface area contributed by atoms with Crippen LogP contribution in [0.5, 0.6) is 5.75 Å². The molecule has 0 spiro atoms. The molecule has 3 N–H and O–H groups in total. The molecule has 1 amide bonds. The molecule has 10 nitrogen and oxygen atoms in total. The van der Waals surface area contributed by atoms with Crippen LogP contribution in [-0.2, 0) is 9.36 Å². The molecule has 40 heavy (non-hydrogen) atoms. The minimum atomic E-state index is -2.55. The Bertz CT molecular complexity index is 1440. The van der Waals surface area contributed by atoms with Gasteiger partial charge in [0, 0.05) is 49.3 Å². The number of carbonyl (C=O) groups excluding carboxylic acids is 1. The first-order chi connectivity index (χ1) is 19.0. The molecule has 1 saturated heterocycles. The molecule has 4 rings (SSSR count). The molecular weight excluding hydrogens is 549 g/mol. The molecule has 0 radical (unpaired) electrons. The smallest absolute Gasteiger partial charge is 0.252 e. The van der Waals surface area contributed by atoms with Gasteiger partial charge in [-0.15, -0.1) is 0 Å². The molecule has 1 aliphatic rings. The van der Waals surface area contributed by atoms with E-state index in [1.54, 1.807) is 38.6 Å². The standard InChI is InChI=1S/C28H35ClN7O3P/c1-19(18-36-14-12-35(2)13-15-36)27(37)31-20-10-11-24(39-3)23(16-20)33-28-30-17-21(29)26(34-28)32-22-8-6-7-9-25(22)40(4,5)38/h6-11,16-17H,1,12-15,18H2,2-5H3,(H,31,37)(H2,30,32,33,34). The quantitative estimate of drug-likeness (QED) is 0.233. The molecule has 1 aromatic heterocycles. The molecule has 0 atom stereocenters. The van der Waals surface area contributed by atoms with Gasteiger partial charge in [-0.05, 0) is 50.7 Å². The zero-order valence-electron chi connectivity index (χ0n) is 23.2. The van der Waals surface area contributed by atoms with Crippen LogP contribution in [0.3, 0.4) is 0 Å². The van der Waals surface area contributed by atoms with E-state index in [-0.39, 0.29) is 11.9 Å². The minimum absolute atomic E-state index is 0.243. The molecule has 0 aliphatic carbocycles. The summed E-state index contributed by atoms with van der Waals surface area (Å²) in [7, 11) is 1.10. The first kappa shape index (κ1) is 29.6. The molecule has 2 aromatic carbocycles. The number of anilines is 5. The number of para-hydroxylation sites is 1. The van der Waals surface area contributed by atoms with Crippen molar-refractivity contribution in [2.24, 2.45) is 0 Å². The molecule has 12 heteroatoms. The van der Waals surface area contributed by atoms with Crippen molar-refractivity contribution in [3.8, 4) is 5.75 Å². The molecule has 3 aromatic rings. The number of nitrogens with one attached hydrogen (secondary N) is 3. The number of piperazine rings is 1. The Labute approximate surface area is 240 Å². The average Bonchev–Trinajstić information content (AvgIpc) is 2.91. The highest BCUT2D eigenvalue weighted by atomic mass is 35.5. The van der Waals surface area contributed by atoms with E-state index in [0.29, 0.717) is 51.1 Å². The largest absolute Gasteiger partial charge is 0.495 e. The highest BCUT2D eigenvalue weighted by Gasteiger charge is 2.19. The first-order valence-electron chi connectivity index (χ1n) is 12.8. The van der Waals surface area contributed by atoms with Gasteiger partial charge in [0.05, 0.1) is 24.7 Å². The summed E-state index contributed by atoms with van der Waals surface area (Å²) in [5, 5.41) is 10.2. The SMILES string of the molecule is C=C(CN1CCN(C)CC1)C(=O)Nc1ccc(OC)c(Nc2ncc(Cl)c(Nc3ccccc3P(C)(C)=O)n2)c1. The summed E-state index contributed by atoms with van der Waals surface area (Å²) in [4.78, 5) is 26.2. The second-order valence-electron chi connectivity index (χ2n) is 10.1. The van der Waals surface area contributed by atoms with Crippen LogP contribution in [0.25, 0.3) is 0 Å². The normalized spacial score (nSPS) is 14.4. The molecule has 0 saturated carbocycles. The number of ether oxygens (including phenoxy) is 1. The topological polar surface area (TPSA) is 112 Å². The number of carbonyl (C=O) groups is 1. The van der Waals surface area contributed by atoms with E-state index in [0.717, 1.165) is 26.2 Å². The van der Waals surface area contributed by atoms with Gasteiger partial charge in [0.1, 0.15) is 17.9 Å². The Morgan fingerprint density at radius 3 is 2.52 bits per heavy atom. The van der Waals surface area contributed by atoms with Gasteiger partial charge in [0.25, 0.3) is 5.91 Å². The van der Waals surface area contributed by atoms with Crippen LogP contribution >= 0.6 is 18.7 Å². The predicted octanol–water partition coefficient (Wildman–Crippen LogP) is 4.62. The van der Waals surface area contributed by atoms with Crippen molar-refractivity contribution < 1.29 is 14.1 Å². The van der Waals surface area contributed by atoms with Gasteiger partial charge in [-0.25, -0.2) is 4.98 Å². The summed E-state index contributed by atoms with van der Waals surface area (Å²) in [5.41, 5.74) is 2.26. The fraction of sp³-hybridized carbons (Fsp3) is 0.321. The molecule has 0 unspecified atom stereocenters. The van der Waals surface area contributed by atoms with Gasteiger partial charge >= 0.3 is 0 Å². The van der Waals surface area contributed by atoms with Crippen LogP contribution in [0, 0.1) is 0 Å². The maximum Gasteiger partial charge on any atom is 0.252 e. The van der Waals surface area contributed by atoms with Crippen LogP contribution in [0.2, 0.25) is 5.02 Å². The lowest BCUT2D eigenvalue weighted by molar-refractivity contribution is -0.113. The van der Waals surface area contributed by atoms with Crippen LogP contribution in [0.4, 0.5) is 28.8 Å². The third-order valence-corrected chi connectivity index (χ3v) is 8.34. The minimum Gasteiger partial charge on any atom is -0.495 e. The lowest BCUT2D eigenvalue weighted by Gasteiger charge is -2.32. The number of benzene rings is 2. The number of hydrogen-bond donors (Lipinski definition) is 3. The number of amides is 1. The zero-order valence-corrected chi connectivity index (χ0v) is 24.9. The maximum absolute atomic E-state index is 12.9. The number of hydrogen-bond acceptors (Lipinski definition) is 9. The molecule has 1 aliphatic heterocycles. The fourth-order valence-electron chi connectivity index (χ4n) is 4.26. The van der Waals surface area contributed by atoms with Crippen LogP contribution < -0.4 is 26.0 Å². The van der Waals surface area contributed by atoms with Crippen molar-refractivity contribution >= 4 is 58.8 Å². The maximum atomic E-state index is 12.9. The van der Waals surface area contributed by atoms with Crippen LogP contribution in [-0.4, -0.2) is 85.9 Å². The summed E-state index contributed by atoms with van der Waals surface area (Å²) in [6.07, 6.45) is 1.47. The van der Waals surface area contributed by atoms with E-state index in [4.69, 9.17) is 16.3 Å². The number of likely N-dealkylation sites (N-methyl/N-ethyl adjacent to an activating group) is 1. The number of halogens is 1. The third kappa shape index (κ3) is 7.61. The average molecular weight is 584 g/mol. The van der Waals surface area contributed by atoms with Gasteiger partial charge in [-0.3, -0.25) is 9.69 Å². The Kier molecular flexibility index (Phi) is 9.48. The summed E-state index contributed by atoms with van der Waals surface area (Å²) in [5.74, 6) is 0.892. The van der Waals surface area contributed by atoms with Crippen LogP contribution in [0.1, 0.15) is 0 Å². The molecule has 212 valence electrons. The van der Waals surface area contributed by atoms with Crippen molar-refractivity contribution in [3.05, 3.63) is 65.8 Å². The highest BCUT2D eigenvalue weighted by molar-refractivity contribution is 7.70. The van der Waals surface area contributed by atoms with E-state index < -0.39 is 7.14 Å². The molecule has 2 heterocycles. The molecular formula is C28H35ClN7O3P. The van der Waals surface area contributed by atoms with Crippen LogP contribution in [0.15, 0.2) is 60.8 Å². The van der Waals surface area contributed by atoms with E-state index in [9.17, 15) is 9.36 Å². The third-order valence-electron chi connectivity index (χ3n) is 6.52. The monoisotopic (exact) mass is 583 g/mol. The summed E-state index contributed by atoms with van der Waals surface area (Å²) >= 11 is 6.39. The van der Waals surface area contributed by atoms with E-state index in [2.05, 4.69) is 49.3 Å². The second-order valence-corrected chi connectivity index (χ2v) is 13.7. The van der Waals surface area contributed by atoms with E-state index >= 15 is 0 Å². The van der Waals surface area contributed by atoms with Crippen molar-refractivity contribution in [2.75, 3.05) is 76.2 Å². The Hall–Kier alpha value is -3.43. The molecule has 1 fully saturated rings. The van der Waals surface area contributed by atoms with Crippen molar-refractivity contribution in [1.29, 1.82) is 0 Å². The van der Waals surface area contributed by atoms with Crippen molar-refractivity contribution in [3.63, 3.8) is 0 Å². The zero-order chi connectivity index (χ0) is 28.9. The van der Waals surface area contributed by atoms with Gasteiger partial charge in [0.15, 0.2) is 5.82 Å². The number of rotatable bonds is 10. The highest BCUT2D eigenvalue weighted by Crippen LogP contribution is 2.39. The first-order valence-corrected chi connectivity index (χ1v) is 15.8. The Morgan fingerprint density at radius 2 is 1.82 bits per heavy atom. The molecule has 0 bridgehead atoms. The van der Waals surface area contributed by atoms with Crippen molar-refractivity contribution in [1.82, 2.24) is 19.8 Å². The number of nitrogens with zero attached hydrogens (tertiary/aromatic N) is 4. The van der Waals surface area contributed by atoms with Gasteiger partial charge in [-0.1, -0.05) is 30.3 Å². The summed E-state index contributed by atoms with van der Waals surface area (Å²) in [6.45, 7) is 11.7.